The van der Waals surface area contributed by atoms with Crippen molar-refractivity contribution in [3.8, 4) is 17.2 Å². The Kier molecular flexibility index (Phi) is 4.81. The highest BCUT2D eigenvalue weighted by Crippen LogP contribution is 2.26. The first-order valence-electron chi connectivity index (χ1n) is 9.04. The first kappa shape index (κ1) is 17.8. The van der Waals surface area contributed by atoms with E-state index in [9.17, 15) is 4.79 Å². The maximum absolute atomic E-state index is 12.2. The molecule has 0 spiro atoms. The normalized spacial score (nSPS) is 10.8. The third-order valence-electron chi connectivity index (χ3n) is 4.26. The van der Waals surface area contributed by atoms with Gasteiger partial charge in [0, 0.05) is 11.3 Å². The third kappa shape index (κ3) is 4.04. The Balaban J connectivity index is 1.44. The zero-order valence-electron chi connectivity index (χ0n) is 15.7. The highest BCUT2D eigenvalue weighted by Gasteiger charge is 2.10. The van der Waals surface area contributed by atoms with Crippen LogP contribution in [0, 0.1) is 13.8 Å². The number of carbonyl (C=O) groups is 1. The van der Waals surface area contributed by atoms with E-state index in [0.29, 0.717) is 28.4 Å². The molecular formula is C23H20N2O3. The molecule has 3 aromatic carbocycles. The molecule has 0 aliphatic heterocycles. The quantitative estimate of drug-likeness (QED) is 0.527. The van der Waals surface area contributed by atoms with Crippen LogP contribution in [-0.4, -0.2) is 17.5 Å². The van der Waals surface area contributed by atoms with Gasteiger partial charge in [-0.3, -0.25) is 4.79 Å². The second-order valence-corrected chi connectivity index (χ2v) is 6.73. The number of aromatic nitrogens is 1. The van der Waals surface area contributed by atoms with Crippen molar-refractivity contribution in [1.29, 1.82) is 0 Å². The molecule has 1 heterocycles. The predicted octanol–water partition coefficient (Wildman–Crippen LogP) is 5.13. The Bertz CT molecular complexity index is 1110. The van der Waals surface area contributed by atoms with E-state index in [1.54, 1.807) is 18.2 Å². The van der Waals surface area contributed by atoms with Crippen LogP contribution < -0.4 is 10.1 Å². The van der Waals surface area contributed by atoms with Crippen molar-refractivity contribution in [3.05, 3.63) is 77.9 Å². The highest BCUT2D eigenvalue weighted by molar-refractivity contribution is 5.94. The number of fused-ring (bicyclic) bond motifs is 1. The first-order valence-corrected chi connectivity index (χ1v) is 9.04. The maximum atomic E-state index is 12.2. The summed E-state index contributed by atoms with van der Waals surface area (Å²) >= 11 is 0. The van der Waals surface area contributed by atoms with Gasteiger partial charge in [-0.05, 0) is 67.4 Å². The molecule has 1 aromatic heterocycles. The summed E-state index contributed by atoms with van der Waals surface area (Å²) in [4.78, 5) is 16.8. The van der Waals surface area contributed by atoms with Crippen molar-refractivity contribution in [2.24, 2.45) is 0 Å². The summed E-state index contributed by atoms with van der Waals surface area (Å²) in [5, 5.41) is 2.84. The minimum Gasteiger partial charge on any atom is -0.484 e. The van der Waals surface area contributed by atoms with E-state index in [0.717, 1.165) is 16.7 Å². The number of ether oxygens (including phenoxy) is 1. The van der Waals surface area contributed by atoms with E-state index in [4.69, 9.17) is 9.15 Å². The number of hydrogen-bond acceptors (Lipinski definition) is 4. The second-order valence-electron chi connectivity index (χ2n) is 6.73. The van der Waals surface area contributed by atoms with Gasteiger partial charge in [-0.2, -0.15) is 0 Å². The molecule has 0 atom stereocenters. The molecule has 5 nitrogen and oxygen atoms in total. The molecule has 5 heteroatoms. The van der Waals surface area contributed by atoms with Crippen LogP contribution in [0.15, 0.2) is 71.1 Å². The Hall–Kier alpha value is -3.60. The molecule has 140 valence electrons. The predicted molar refractivity (Wildman–Crippen MR) is 109 cm³/mol. The number of anilines is 1. The fraction of sp³-hybridized carbons (Fsp3) is 0.130. The van der Waals surface area contributed by atoms with Gasteiger partial charge in [0.05, 0.1) is 0 Å². The molecule has 0 aliphatic rings. The Morgan fingerprint density at radius 1 is 1.00 bits per heavy atom. The molecular weight excluding hydrogens is 352 g/mol. The van der Waals surface area contributed by atoms with Crippen LogP contribution in [0.1, 0.15) is 11.1 Å². The molecule has 0 radical (unpaired) electrons. The largest absolute Gasteiger partial charge is 0.484 e. The molecule has 0 fully saturated rings. The lowest BCUT2D eigenvalue weighted by Crippen LogP contribution is -2.20. The van der Waals surface area contributed by atoms with Gasteiger partial charge in [0.2, 0.25) is 5.89 Å². The van der Waals surface area contributed by atoms with Crippen LogP contribution in [0.3, 0.4) is 0 Å². The van der Waals surface area contributed by atoms with Crippen LogP contribution in [0.25, 0.3) is 22.6 Å². The molecule has 1 amide bonds. The van der Waals surface area contributed by atoms with E-state index in [-0.39, 0.29) is 12.5 Å². The number of carbonyl (C=O) groups excluding carboxylic acids is 1. The molecule has 0 bridgehead atoms. The Labute approximate surface area is 163 Å². The number of hydrogen-bond donors (Lipinski definition) is 1. The van der Waals surface area contributed by atoms with Crippen LogP contribution in [0.5, 0.6) is 5.75 Å². The minimum atomic E-state index is -0.231. The van der Waals surface area contributed by atoms with Crippen LogP contribution in [0.2, 0.25) is 0 Å². The average molecular weight is 372 g/mol. The number of benzene rings is 3. The van der Waals surface area contributed by atoms with Crippen molar-refractivity contribution in [2.75, 3.05) is 11.9 Å². The van der Waals surface area contributed by atoms with Crippen LogP contribution >= 0.6 is 0 Å². The van der Waals surface area contributed by atoms with Gasteiger partial charge in [-0.15, -0.1) is 0 Å². The van der Waals surface area contributed by atoms with Gasteiger partial charge in [-0.1, -0.05) is 24.3 Å². The summed E-state index contributed by atoms with van der Waals surface area (Å²) in [5.41, 5.74) is 5.11. The number of oxazole rings is 1. The van der Waals surface area contributed by atoms with Crippen molar-refractivity contribution < 1.29 is 13.9 Å². The molecule has 0 aliphatic carbocycles. The van der Waals surface area contributed by atoms with E-state index in [1.165, 1.54) is 0 Å². The van der Waals surface area contributed by atoms with Crippen molar-refractivity contribution >= 4 is 22.7 Å². The van der Waals surface area contributed by atoms with Crippen LogP contribution in [-0.2, 0) is 4.79 Å². The molecule has 4 aromatic rings. The summed E-state index contributed by atoms with van der Waals surface area (Å²) < 4.78 is 11.4. The number of amides is 1. The first-order chi connectivity index (χ1) is 13.6. The second kappa shape index (κ2) is 7.56. The average Bonchev–Trinajstić information content (AvgIpc) is 3.10. The zero-order chi connectivity index (χ0) is 19.5. The van der Waals surface area contributed by atoms with Crippen molar-refractivity contribution in [1.82, 2.24) is 4.98 Å². The summed E-state index contributed by atoms with van der Waals surface area (Å²) in [5.74, 6) is 1.01. The van der Waals surface area contributed by atoms with Gasteiger partial charge in [-0.25, -0.2) is 4.98 Å². The Morgan fingerprint density at radius 3 is 2.50 bits per heavy atom. The summed E-state index contributed by atoms with van der Waals surface area (Å²) in [6.07, 6.45) is 0. The summed E-state index contributed by atoms with van der Waals surface area (Å²) in [6.45, 7) is 3.93. The molecule has 4 rings (SSSR count). The van der Waals surface area contributed by atoms with E-state index in [2.05, 4.69) is 16.4 Å². The number of nitrogens with one attached hydrogen (secondary N) is 1. The highest BCUT2D eigenvalue weighted by atomic mass is 16.5. The summed E-state index contributed by atoms with van der Waals surface area (Å²) in [7, 11) is 0. The van der Waals surface area contributed by atoms with Gasteiger partial charge in [0.25, 0.3) is 5.91 Å². The van der Waals surface area contributed by atoms with E-state index < -0.39 is 0 Å². The smallest absolute Gasteiger partial charge is 0.262 e. The van der Waals surface area contributed by atoms with Gasteiger partial charge in [0.15, 0.2) is 12.2 Å². The van der Waals surface area contributed by atoms with Crippen molar-refractivity contribution in [3.63, 3.8) is 0 Å². The minimum absolute atomic E-state index is 0.0605. The van der Waals surface area contributed by atoms with Crippen molar-refractivity contribution in [2.45, 2.75) is 13.8 Å². The van der Waals surface area contributed by atoms with Gasteiger partial charge >= 0.3 is 0 Å². The van der Waals surface area contributed by atoms with Gasteiger partial charge in [0.1, 0.15) is 11.3 Å². The molecule has 1 N–H and O–H groups in total. The lowest BCUT2D eigenvalue weighted by atomic mass is 10.1. The molecule has 0 saturated carbocycles. The lowest BCUT2D eigenvalue weighted by molar-refractivity contribution is -0.118. The van der Waals surface area contributed by atoms with E-state index >= 15 is 0 Å². The zero-order valence-corrected chi connectivity index (χ0v) is 15.7. The number of aryl methyl sites for hydroxylation is 2. The topological polar surface area (TPSA) is 64.4 Å². The fourth-order valence-corrected chi connectivity index (χ4v) is 3.07. The summed E-state index contributed by atoms with van der Waals surface area (Å²) in [6, 6.07) is 21.0. The SMILES string of the molecule is Cc1cc(C)cc(OCC(=O)Nc2ccc3oc(-c4ccccc4)nc3c2)c1. The molecule has 0 saturated heterocycles. The molecule has 0 unspecified atom stereocenters. The monoisotopic (exact) mass is 372 g/mol. The van der Waals surface area contributed by atoms with E-state index in [1.807, 2.05) is 56.3 Å². The Morgan fingerprint density at radius 2 is 1.75 bits per heavy atom. The molecule has 28 heavy (non-hydrogen) atoms. The third-order valence-corrected chi connectivity index (χ3v) is 4.26. The van der Waals surface area contributed by atoms with Crippen LogP contribution in [0.4, 0.5) is 5.69 Å². The fourth-order valence-electron chi connectivity index (χ4n) is 3.07. The lowest BCUT2D eigenvalue weighted by Gasteiger charge is -2.09. The standard InChI is InChI=1S/C23H20N2O3/c1-15-10-16(2)12-19(11-15)27-14-22(26)24-18-8-9-21-20(13-18)25-23(28-21)17-6-4-3-5-7-17/h3-13H,14H2,1-2H3,(H,24,26). The van der Waals surface area contributed by atoms with Gasteiger partial charge < -0.3 is 14.5 Å². The maximum Gasteiger partial charge on any atom is 0.262 e. The number of rotatable bonds is 5. The number of nitrogens with zero attached hydrogens (tertiary/aromatic N) is 1.